The summed E-state index contributed by atoms with van der Waals surface area (Å²) in [7, 11) is 3.06. The van der Waals surface area contributed by atoms with E-state index in [0.717, 1.165) is 0 Å². The number of hydrogen-bond donors (Lipinski definition) is 1. The van der Waals surface area contributed by atoms with Crippen LogP contribution in [0, 0.1) is 5.82 Å². The van der Waals surface area contributed by atoms with Gasteiger partial charge in [0, 0.05) is 13.2 Å². The van der Waals surface area contributed by atoms with Gasteiger partial charge in [0.15, 0.2) is 17.4 Å². The number of aryl methyl sites for hydroxylation is 1. The van der Waals surface area contributed by atoms with Crippen molar-refractivity contribution in [2.75, 3.05) is 12.8 Å². The molecule has 0 spiro atoms. The molecule has 0 amide bonds. The number of ether oxygens (including phenoxy) is 1. The molecule has 0 aliphatic rings. The highest BCUT2D eigenvalue weighted by molar-refractivity contribution is 5.86. The van der Waals surface area contributed by atoms with E-state index in [9.17, 15) is 9.18 Å². The molecule has 7 heteroatoms. The number of nitrogens with two attached hydrogens (primary N) is 1. The van der Waals surface area contributed by atoms with Gasteiger partial charge in [-0.15, -0.1) is 0 Å². The number of aromatic nitrogens is 3. The molecule has 2 aromatic heterocycles. The summed E-state index contributed by atoms with van der Waals surface area (Å²) in [5, 5.41) is 0.908. The van der Waals surface area contributed by atoms with E-state index in [0.29, 0.717) is 16.5 Å². The number of halogens is 1. The third kappa shape index (κ3) is 2.16. The monoisotopic (exact) mass is 300 g/mol. The van der Waals surface area contributed by atoms with Crippen molar-refractivity contribution in [1.82, 2.24) is 14.5 Å². The fraction of sp³-hybridized carbons (Fsp3) is 0.133. The zero-order valence-electron chi connectivity index (χ0n) is 12.0. The van der Waals surface area contributed by atoms with E-state index in [1.54, 1.807) is 19.3 Å². The van der Waals surface area contributed by atoms with Crippen molar-refractivity contribution in [2.45, 2.75) is 0 Å². The Morgan fingerprint density at radius 3 is 2.82 bits per heavy atom. The second-order valence-electron chi connectivity index (χ2n) is 4.80. The summed E-state index contributed by atoms with van der Waals surface area (Å²) in [6.45, 7) is 0. The molecule has 0 aliphatic carbocycles. The van der Waals surface area contributed by atoms with Crippen LogP contribution in [0.4, 0.5) is 10.2 Å². The lowest BCUT2D eigenvalue weighted by Gasteiger charge is -2.08. The molecule has 112 valence electrons. The van der Waals surface area contributed by atoms with Gasteiger partial charge in [-0.05, 0) is 23.6 Å². The van der Waals surface area contributed by atoms with Gasteiger partial charge >= 0.3 is 0 Å². The lowest BCUT2D eigenvalue weighted by molar-refractivity contribution is 0.413. The Kier molecular flexibility index (Phi) is 3.25. The number of pyridine rings is 1. The molecule has 22 heavy (non-hydrogen) atoms. The predicted octanol–water partition coefficient (Wildman–Crippen LogP) is 1.73. The number of hydrogen-bond acceptors (Lipinski definition) is 5. The molecular formula is C15H13FN4O2. The van der Waals surface area contributed by atoms with Crippen molar-refractivity contribution in [1.29, 1.82) is 0 Å². The van der Waals surface area contributed by atoms with Gasteiger partial charge in [0.05, 0.1) is 24.3 Å². The summed E-state index contributed by atoms with van der Waals surface area (Å²) in [5.41, 5.74) is 5.63. The number of fused-ring (bicyclic) bond motifs is 1. The van der Waals surface area contributed by atoms with Crippen molar-refractivity contribution >= 4 is 16.6 Å². The molecule has 0 bridgehead atoms. The summed E-state index contributed by atoms with van der Waals surface area (Å²) in [5.74, 6) is -0.00599. The Hall–Kier alpha value is -2.96. The molecule has 1 aromatic carbocycles. The van der Waals surface area contributed by atoms with Crippen LogP contribution in [0.2, 0.25) is 0 Å². The molecule has 0 unspecified atom stereocenters. The normalized spacial score (nSPS) is 10.9. The SMILES string of the molecule is COc1cnc(-c2cc3ccn(C)c(=O)c3cc2F)nc1N. The minimum atomic E-state index is -0.583. The molecule has 3 rings (SSSR count). The van der Waals surface area contributed by atoms with E-state index < -0.39 is 5.82 Å². The first-order valence-electron chi connectivity index (χ1n) is 6.47. The Morgan fingerprint density at radius 1 is 1.36 bits per heavy atom. The van der Waals surface area contributed by atoms with Crippen molar-refractivity contribution in [3.8, 4) is 17.1 Å². The predicted molar refractivity (Wildman–Crippen MR) is 81.1 cm³/mol. The minimum absolute atomic E-state index is 0.121. The van der Waals surface area contributed by atoms with Crippen LogP contribution >= 0.6 is 0 Å². The van der Waals surface area contributed by atoms with Crippen LogP contribution in [0.1, 0.15) is 0 Å². The highest BCUT2D eigenvalue weighted by Gasteiger charge is 2.13. The number of nitrogens with zero attached hydrogens (tertiary/aromatic N) is 3. The van der Waals surface area contributed by atoms with Crippen molar-refractivity contribution < 1.29 is 9.13 Å². The van der Waals surface area contributed by atoms with Gasteiger partial charge in [0.25, 0.3) is 5.56 Å². The molecule has 0 fully saturated rings. The van der Waals surface area contributed by atoms with Gasteiger partial charge in [-0.25, -0.2) is 14.4 Å². The van der Waals surface area contributed by atoms with Crippen LogP contribution in [0.15, 0.2) is 35.4 Å². The largest absolute Gasteiger partial charge is 0.491 e. The Morgan fingerprint density at radius 2 is 2.14 bits per heavy atom. The summed E-state index contributed by atoms with van der Waals surface area (Å²) in [6.07, 6.45) is 3.00. The third-order valence-corrected chi connectivity index (χ3v) is 3.41. The van der Waals surface area contributed by atoms with Gasteiger partial charge in [0.2, 0.25) is 0 Å². The second-order valence-corrected chi connectivity index (χ2v) is 4.80. The molecule has 2 N–H and O–H groups in total. The lowest BCUT2D eigenvalue weighted by atomic mass is 10.1. The van der Waals surface area contributed by atoms with E-state index in [1.165, 1.54) is 30.0 Å². The number of rotatable bonds is 2. The first kappa shape index (κ1) is 14.0. The fourth-order valence-corrected chi connectivity index (χ4v) is 2.21. The quantitative estimate of drug-likeness (QED) is 0.779. The molecule has 0 saturated heterocycles. The molecule has 0 atom stereocenters. The van der Waals surface area contributed by atoms with Crippen molar-refractivity contribution in [3.05, 3.63) is 46.8 Å². The highest BCUT2D eigenvalue weighted by Crippen LogP contribution is 2.26. The summed E-state index contributed by atoms with van der Waals surface area (Å²) in [4.78, 5) is 20.1. The van der Waals surface area contributed by atoms with Crippen LogP contribution in [-0.2, 0) is 7.05 Å². The maximum absolute atomic E-state index is 14.3. The maximum Gasteiger partial charge on any atom is 0.258 e. The van der Waals surface area contributed by atoms with E-state index in [2.05, 4.69) is 9.97 Å². The zero-order valence-corrected chi connectivity index (χ0v) is 12.0. The zero-order chi connectivity index (χ0) is 15.9. The average molecular weight is 300 g/mol. The topological polar surface area (TPSA) is 83.0 Å². The Labute approximate surface area is 125 Å². The molecule has 3 aromatic rings. The summed E-state index contributed by atoms with van der Waals surface area (Å²) >= 11 is 0. The lowest BCUT2D eigenvalue weighted by Crippen LogP contribution is -2.15. The van der Waals surface area contributed by atoms with Gasteiger partial charge in [-0.2, -0.15) is 0 Å². The standard InChI is InChI=1S/C15H13FN4O2/c1-20-4-3-8-5-10(11(16)6-9(8)15(20)21)14-18-7-12(22-2)13(17)19-14/h3-7H,1-2H3,(H2,17,18,19). The second kappa shape index (κ2) is 5.10. The van der Waals surface area contributed by atoms with Crippen LogP contribution in [-0.4, -0.2) is 21.6 Å². The Balaban J connectivity index is 2.23. The van der Waals surface area contributed by atoms with Crippen molar-refractivity contribution in [2.24, 2.45) is 7.05 Å². The van der Waals surface area contributed by atoms with Gasteiger partial charge in [-0.1, -0.05) is 0 Å². The van der Waals surface area contributed by atoms with Gasteiger partial charge in [0.1, 0.15) is 5.82 Å². The number of anilines is 1. The van der Waals surface area contributed by atoms with Crippen LogP contribution in [0.25, 0.3) is 22.2 Å². The molecule has 0 radical (unpaired) electrons. The van der Waals surface area contributed by atoms with E-state index in [-0.39, 0.29) is 22.8 Å². The summed E-state index contributed by atoms with van der Waals surface area (Å²) in [6, 6.07) is 4.46. The first-order valence-corrected chi connectivity index (χ1v) is 6.47. The Bertz CT molecular complexity index is 937. The van der Waals surface area contributed by atoms with E-state index in [1.807, 2.05) is 0 Å². The van der Waals surface area contributed by atoms with Crippen molar-refractivity contribution in [3.63, 3.8) is 0 Å². The molecule has 0 saturated carbocycles. The number of methoxy groups -OCH3 is 1. The minimum Gasteiger partial charge on any atom is -0.491 e. The third-order valence-electron chi connectivity index (χ3n) is 3.41. The maximum atomic E-state index is 14.3. The smallest absolute Gasteiger partial charge is 0.258 e. The average Bonchev–Trinajstić information content (AvgIpc) is 2.51. The first-order chi connectivity index (χ1) is 10.5. The van der Waals surface area contributed by atoms with Crippen LogP contribution < -0.4 is 16.0 Å². The molecule has 2 heterocycles. The van der Waals surface area contributed by atoms with Gasteiger partial charge < -0.3 is 15.0 Å². The molecule has 0 aliphatic heterocycles. The molecular weight excluding hydrogens is 287 g/mol. The van der Waals surface area contributed by atoms with E-state index in [4.69, 9.17) is 10.5 Å². The number of benzene rings is 1. The molecule has 6 nitrogen and oxygen atoms in total. The number of nitrogen functional groups attached to an aromatic ring is 1. The highest BCUT2D eigenvalue weighted by atomic mass is 19.1. The van der Waals surface area contributed by atoms with Crippen LogP contribution in [0.5, 0.6) is 5.75 Å². The fourth-order valence-electron chi connectivity index (χ4n) is 2.21. The van der Waals surface area contributed by atoms with E-state index >= 15 is 0 Å². The summed E-state index contributed by atoms with van der Waals surface area (Å²) < 4.78 is 20.7. The van der Waals surface area contributed by atoms with Gasteiger partial charge in [-0.3, -0.25) is 4.79 Å². The van der Waals surface area contributed by atoms with Crippen LogP contribution in [0.3, 0.4) is 0 Å².